The first-order chi connectivity index (χ1) is 12.8. The zero-order valence-electron chi connectivity index (χ0n) is 13.8. The second-order valence-corrected chi connectivity index (χ2v) is 8.08. The van der Waals surface area contributed by atoms with Gasteiger partial charge < -0.3 is 4.98 Å². The van der Waals surface area contributed by atoms with Crippen LogP contribution in [-0.2, 0) is 5.75 Å². The van der Waals surface area contributed by atoms with Gasteiger partial charge in [-0.05, 0) is 36.4 Å². The van der Waals surface area contributed by atoms with Crippen LogP contribution < -0.4 is 5.56 Å². The molecule has 0 saturated heterocycles. The van der Waals surface area contributed by atoms with Crippen molar-refractivity contribution in [2.45, 2.75) is 29.7 Å². The highest BCUT2D eigenvalue weighted by Gasteiger charge is 2.31. The molecule has 1 fully saturated rings. The molecule has 0 spiro atoms. The van der Waals surface area contributed by atoms with Crippen LogP contribution in [0.2, 0.25) is 0 Å². The van der Waals surface area contributed by atoms with E-state index in [0.29, 0.717) is 22.2 Å². The minimum absolute atomic E-state index is 0.0798. The molecule has 26 heavy (non-hydrogen) atoms. The van der Waals surface area contributed by atoms with E-state index in [-0.39, 0.29) is 5.56 Å². The van der Waals surface area contributed by atoms with Crippen LogP contribution in [0.3, 0.4) is 0 Å². The summed E-state index contributed by atoms with van der Waals surface area (Å²) in [6.45, 7) is 0. The summed E-state index contributed by atoms with van der Waals surface area (Å²) in [4.78, 5) is 19.6. The molecule has 1 saturated carbocycles. The van der Waals surface area contributed by atoms with Crippen LogP contribution in [0.1, 0.15) is 30.4 Å². The van der Waals surface area contributed by atoms with E-state index in [1.54, 1.807) is 11.8 Å². The number of thioether (sulfide) groups is 1. The fourth-order valence-corrected chi connectivity index (χ4v) is 4.48. The number of thiophene rings is 1. The Kier molecular flexibility index (Phi) is 3.86. The predicted octanol–water partition coefficient (Wildman–Crippen LogP) is 3.74. The summed E-state index contributed by atoms with van der Waals surface area (Å²) >= 11 is 2.95. The molecule has 0 unspecified atom stereocenters. The first-order valence-electron chi connectivity index (χ1n) is 8.39. The third-order valence-electron chi connectivity index (χ3n) is 4.32. The lowest BCUT2D eigenvalue weighted by molar-refractivity contribution is 0.828. The van der Waals surface area contributed by atoms with Gasteiger partial charge in [-0.3, -0.25) is 9.36 Å². The van der Waals surface area contributed by atoms with Gasteiger partial charge in [0.1, 0.15) is 16.3 Å². The van der Waals surface area contributed by atoms with Crippen molar-refractivity contribution in [3.63, 3.8) is 0 Å². The van der Waals surface area contributed by atoms with E-state index in [9.17, 15) is 4.79 Å². The van der Waals surface area contributed by atoms with Crippen LogP contribution in [-0.4, -0.2) is 24.7 Å². The van der Waals surface area contributed by atoms with Gasteiger partial charge in [-0.15, -0.1) is 21.5 Å². The minimum atomic E-state index is -0.0798. The number of nitrogens with one attached hydrogen (secondary N) is 1. The summed E-state index contributed by atoms with van der Waals surface area (Å²) in [6.07, 6.45) is 2.33. The van der Waals surface area contributed by atoms with Crippen molar-refractivity contribution >= 4 is 33.3 Å². The first-order valence-corrected chi connectivity index (χ1v) is 10.3. The Hall–Kier alpha value is -2.45. The Bertz CT molecular complexity index is 1130. The lowest BCUT2D eigenvalue weighted by atomic mass is 10.3. The van der Waals surface area contributed by atoms with Crippen LogP contribution in [0, 0.1) is 0 Å². The maximum absolute atomic E-state index is 12.1. The fraction of sp³-hybridized carbons (Fsp3) is 0.222. The van der Waals surface area contributed by atoms with E-state index in [1.807, 2.05) is 29.6 Å². The monoisotopic (exact) mass is 381 g/mol. The number of fused-ring (bicyclic) bond motifs is 1. The average Bonchev–Trinajstić information content (AvgIpc) is 3.24. The van der Waals surface area contributed by atoms with Crippen LogP contribution in [0.4, 0.5) is 0 Å². The second kappa shape index (κ2) is 6.37. The van der Waals surface area contributed by atoms with Crippen LogP contribution in [0.5, 0.6) is 0 Å². The zero-order valence-corrected chi connectivity index (χ0v) is 15.4. The van der Waals surface area contributed by atoms with Gasteiger partial charge in [0.2, 0.25) is 0 Å². The van der Waals surface area contributed by atoms with Crippen molar-refractivity contribution in [2.24, 2.45) is 0 Å². The molecular weight excluding hydrogens is 366 g/mol. The highest BCUT2D eigenvalue weighted by atomic mass is 32.2. The molecule has 0 radical (unpaired) electrons. The molecule has 3 heterocycles. The molecule has 4 aromatic rings. The average molecular weight is 381 g/mol. The van der Waals surface area contributed by atoms with Gasteiger partial charge in [0.15, 0.2) is 5.16 Å². The summed E-state index contributed by atoms with van der Waals surface area (Å²) in [6, 6.07) is 12.0. The Morgan fingerprint density at radius 3 is 2.85 bits per heavy atom. The molecule has 0 amide bonds. The molecule has 1 aromatic carbocycles. The fourth-order valence-electron chi connectivity index (χ4n) is 2.92. The minimum Gasteiger partial charge on any atom is -0.309 e. The Labute approximate surface area is 157 Å². The van der Waals surface area contributed by atoms with Crippen molar-refractivity contribution in [2.75, 3.05) is 0 Å². The van der Waals surface area contributed by atoms with Crippen molar-refractivity contribution in [1.29, 1.82) is 0 Å². The molecule has 0 aliphatic heterocycles. The number of H-pyrrole nitrogens is 1. The van der Waals surface area contributed by atoms with Crippen LogP contribution in [0.25, 0.3) is 15.9 Å². The summed E-state index contributed by atoms with van der Waals surface area (Å²) in [5.41, 5.74) is 1.73. The number of nitrogens with zero attached hydrogens (tertiary/aromatic N) is 4. The maximum atomic E-state index is 12.1. The topological polar surface area (TPSA) is 76.5 Å². The summed E-state index contributed by atoms with van der Waals surface area (Å²) in [5, 5.41) is 11.5. The standard InChI is InChI=1S/C18H15N5OS2/c24-17-15-13(8-9-25-15)19-14(20-17)10-26-18-22-21-16(11-6-7-11)23(18)12-4-2-1-3-5-12/h1-5,8-9,11H,6-7,10H2,(H,19,20,24). The van der Waals surface area contributed by atoms with E-state index >= 15 is 0 Å². The van der Waals surface area contributed by atoms with Gasteiger partial charge in [0.05, 0.1) is 11.3 Å². The quantitative estimate of drug-likeness (QED) is 0.533. The molecule has 6 nitrogen and oxygen atoms in total. The van der Waals surface area contributed by atoms with E-state index in [1.165, 1.54) is 24.2 Å². The molecule has 1 aliphatic rings. The number of benzene rings is 1. The van der Waals surface area contributed by atoms with Crippen molar-refractivity contribution < 1.29 is 0 Å². The second-order valence-electron chi connectivity index (χ2n) is 6.22. The van der Waals surface area contributed by atoms with E-state index < -0.39 is 0 Å². The largest absolute Gasteiger partial charge is 0.309 e. The SMILES string of the molecule is O=c1[nH]c(CSc2nnc(C3CC3)n2-c2ccccc2)nc2ccsc12. The summed E-state index contributed by atoms with van der Waals surface area (Å²) in [7, 11) is 0. The van der Waals surface area contributed by atoms with E-state index in [2.05, 4.69) is 36.9 Å². The molecule has 5 rings (SSSR count). The predicted molar refractivity (Wildman–Crippen MR) is 103 cm³/mol. The normalized spacial score (nSPS) is 14.2. The van der Waals surface area contributed by atoms with Crippen molar-refractivity contribution in [3.8, 4) is 5.69 Å². The van der Waals surface area contributed by atoms with E-state index in [0.717, 1.165) is 22.2 Å². The Balaban J connectivity index is 1.47. The van der Waals surface area contributed by atoms with Gasteiger partial charge in [-0.25, -0.2) is 4.98 Å². The Morgan fingerprint density at radius 2 is 2.04 bits per heavy atom. The lowest BCUT2D eigenvalue weighted by Crippen LogP contribution is -2.09. The van der Waals surface area contributed by atoms with Gasteiger partial charge in [0.25, 0.3) is 5.56 Å². The maximum Gasteiger partial charge on any atom is 0.268 e. The molecule has 8 heteroatoms. The van der Waals surface area contributed by atoms with Crippen molar-refractivity contribution in [3.05, 3.63) is 63.8 Å². The third-order valence-corrected chi connectivity index (χ3v) is 6.16. The van der Waals surface area contributed by atoms with E-state index in [4.69, 9.17) is 0 Å². The van der Waals surface area contributed by atoms with Gasteiger partial charge in [-0.2, -0.15) is 0 Å². The molecule has 1 N–H and O–H groups in total. The molecular formula is C18H15N5OS2. The summed E-state index contributed by atoms with van der Waals surface area (Å²) < 4.78 is 2.80. The molecule has 130 valence electrons. The smallest absolute Gasteiger partial charge is 0.268 e. The molecule has 0 atom stereocenters. The number of rotatable bonds is 5. The van der Waals surface area contributed by atoms with Crippen LogP contribution >= 0.6 is 23.1 Å². The molecule has 3 aromatic heterocycles. The van der Waals surface area contributed by atoms with Gasteiger partial charge in [0, 0.05) is 11.6 Å². The third kappa shape index (κ3) is 2.85. The molecule has 0 bridgehead atoms. The van der Waals surface area contributed by atoms with Crippen molar-refractivity contribution in [1.82, 2.24) is 24.7 Å². The number of aromatic amines is 1. The molecule has 1 aliphatic carbocycles. The van der Waals surface area contributed by atoms with Gasteiger partial charge in [-0.1, -0.05) is 30.0 Å². The summed E-state index contributed by atoms with van der Waals surface area (Å²) in [5.74, 6) is 2.71. The highest BCUT2D eigenvalue weighted by molar-refractivity contribution is 7.98. The number of hydrogen-bond acceptors (Lipinski definition) is 6. The number of para-hydroxylation sites is 1. The highest BCUT2D eigenvalue weighted by Crippen LogP contribution is 2.41. The van der Waals surface area contributed by atoms with Gasteiger partial charge >= 0.3 is 0 Å². The number of aromatic nitrogens is 5. The number of hydrogen-bond donors (Lipinski definition) is 1. The first kappa shape index (κ1) is 15.8. The Morgan fingerprint density at radius 1 is 1.19 bits per heavy atom. The van der Waals surface area contributed by atoms with Crippen LogP contribution in [0.15, 0.2) is 51.7 Å². The lowest BCUT2D eigenvalue weighted by Gasteiger charge is -2.09. The zero-order chi connectivity index (χ0) is 17.5.